The summed E-state index contributed by atoms with van der Waals surface area (Å²) >= 11 is 0. The summed E-state index contributed by atoms with van der Waals surface area (Å²) in [4.78, 5) is 0. The Balaban J connectivity index is 2.29. The lowest BCUT2D eigenvalue weighted by Crippen LogP contribution is -2.13. The molecule has 0 spiro atoms. The molecule has 0 bridgehead atoms. The van der Waals surface area contributed by atoms with Crippen molar-refractivity contribution in [3.8, 4) is 0 Å². The normalized spacial score (nSPS) is 18.8. The lowest BCUT2D eigenvalue weighted by atomic mass is 10.1. The van der Waals surface area contributed by atoms with Gasteiger partial charge in [-0.15, -0.1) is 0 Å². The summed E-state index contributed by atoms with van der Waals surface area (Å²) in [6.07, 6.45) is 6.78. The van der Waals surface area contributed by atoms with Gasteiger partial charge in [0.05, 0.1) is 18.8 Å². The monoisotopic (exact) mass is 168 g/mol. The van der Waals surface area contributed by atoms with Gasteiger partial charge in [0.25, 0.3) is 0 Å². The molecule has 0 aromatic carbocycles. The first-order valence-corrected chi connectivity index (χ1v) is 4.24. The van der Waals surface area contributed by atoms with Crippen LogP contribution in [0.4, 0.5) is 0 Å². The van der Waals surface area contributed by atoms with Crippen molar-refractivity contribution in [2.45, 2.75) is 25.9 Å². The highest BCUT2D eigenvalue weighted by Crippen LogP contribution is 2.11. The molecule has 12 heavy (non-hydrogen) atoms. The summed E-state index contributed by atoms with van der Waals surface area (Å²) in [5.74, 6) is 0. The van der Waals surface area contributed by atoms with E-state index in [1.807, 2.05) is 12.2 Å². The third kappa shape index (κ3) is 3.69. The topological polar surface area (TPSA) is 29.5 Å². The molecule has 0 saturated heterocycles. The van der Waals surface area contributed by atoms with Crippen LogP contribution >= 0.6 is 0 Å². The van der Waals surface area contributed by atoms with Crippen LogP contribution in [-0.2, 0) is 4.74 Å². The molecule has 1 aliphatic heterocycles. The highest BCUT2D eigenvalue weighted by Gasteiger charge is 2.06. The van der Waals surface area contributed by atoms with E-state index in [0.717, 1.165) is 19.6 Å². The third-order valence-electron chi connectivity index (χ3n) is 1.68. The summed E-state index contributed by atoms with van der Waals surface area (Å²) in [6.45, 7) is 5.02. The van der Waals surface area contributed by atoms with Gasteiger partial charge in [-0.05, 0) is 25.8 Å². The molecule has 0 fully saturated rings. The SMILES string of the molecule is CC(C)(O)/C=C/CC1=CCOC1. The fourth-order valence-electron chi connectivity index (χ4n) is 1.07. The van der Waals surface area contributed by atoms with Gasteiger partial charge in [-0.1, -0.05) is 18.2 Å². The Hall–Kier alpha value is -0.600. The molecule has 68 valence electrons. The molecule has 0 aromatic rings. The zero-order valence-electron chi connectivity index (χ0n) is 7.71. The van der Waals surface area contributed by atoms with Crippen LogP contribution in [0.15, 0.2) is 23.8 Å². The van der Waals surface area contributed by atoms with Gasteiger partial charge in [0, 0.05) is 0 Å². The minimum atomic E-state index is -0.694. The average molecular weight is 168 g/mol. The van der Waals surface area contributed by atoms with Crippen LogP contribution in [0.25, 0.3) is 0 Å². The molecule has 0 atom stereocenters. The van der Waals surface area contributed by atoms with Crippen LogP contribution in [0.5, 0.6) is 0 Å². The van der Waals surface area contributed by atoms with Gasteiger partial charge in [0.1, 0.15) is 0 Å². The molecule has 0 amide bonds. The van der Waals surface area contributed by atoms with Crippen molar-refractivity contribution in [1.82, 2.24) is 0 Å². The summed E-state index contributed by atoms with van der Waals surface area (Å²) in [7, 11) is 0. The van der Waals surface area contributed by atoms with Crippen LogP contribution < -0.4 is 0 Å². The van der Waals surface area contributed by atoms with Crippen LogP contribution in [0.3, 0.4) is 0 Å². The first kappa shape index (κ1) is 9.49. The molecule has 2 nitrogen and oxygen atoms in total. The first-order chi connectivity index (χ1) is 5.58. The number of allylic oxidation sites excluding steroid dienone is 1. The van der Waals surface area contributed by atoms with Crippen LogP contribution in [-0.4, -0.2) is 23.9 Å². The van der Waals surface area contributed by atoms with Gasteiger partial charge < -0.3 is 9.84 Å². The maximum absolute atomic E-state index is 9.35. The lowest BCUT2D eigenvalue weighted by Gasteiger charge is -2.09. The van der Waals surface area contributed by atoms with E-state index in [9.17, 15) is 5.11 Å². The van der Waals surface area contributed by atoms with Crippen molar-refractivity contribution in [2.24, 2.45) is 0 Å². The highest BCUT2D eigenvalue weighted by molar-refractivity contribution is 5.12. The van der Waals surface area contributed by atoms with Crippen molar-refractivity contribution in [1.29, 1.82) is 0 Å². The van der Waals surface area contributed by atoms with Gasteiger partial charge in [0.2, 0.25) is 0 Å². The largest absolute Gasteiger partial charge is 0.386 e. The van der Waals surface area contributed by atoms with E-state index in [-0.39, 0.29) is 0 Å². The van der Waals surface area contributed by atoms with Crippen molar-refractivity contribution >= 4 is 0 Å². The van der Waals surface area contributed by atoms with E-state index in [1.54, 1.807) is 13.8 Å². The summed E-state index contributed by atoms with van der Waals surface area (Å²) in [5.41, 5.74) is 0.607. The second kappa shape index (κ2) is 3.87. The second-order valence-electron chi connectivity index (χ2n) is 3.64. The van der Waals surface area contributed by atoms with E-state index in [1.165, 1.54) is 5.57 Å². The smallest absolute Gasteiger partial charge is 0.0771 e. The lowest BCUT2D eigenvalue weighted by molar-refractivity contribution is 0.133. The first-order valence-electron chi connectivity index (χ1n) is 4.24. The molecule has 0 unspecified atom stereocenters. The zero-order valence-corrected chi connectivity index (χ0v) is 7.71. The highest BCUT2D eigenvalue weighted by atomic mass is 16.5. The van der Waals surface area contributed by atoms with E-state index in [0.29, 0.717) is 0 Å². The van der Waals surface area contributed by atoms with Gasteiger partial charge in [-0.2, -0.15) is 0 Å². The molecular weight excluding hydrogens is 152 g/mol. The summed E-state index contributed by atoms with van der Waals surface area (Å²) in [6, 6.07) is 0. The Morgan fingerprint density at radius 1 is 1.67 bits per heavy atom. The molecule has 1 rings (SSSR count). The van der Waals surface area contributed by atoms with Crippen LogP contribution in [0.2, 0.25) is 0 Å². The van der Waals surface area contributed by atoms with Gasteiger partial charge in [-0.25, -0.2) is 0 Å². The van der Waals surface area contributed by atoms with E-state index in [2.05, 4.69) is 6.08 Å². The van der Waals surface area contributed by atoms with Gasteiger partial charge >= 0.3 is 0 Å². The fraction of sp³-hybridized carbons (Fsp3) is 0.600. The Bertz CT molecular complexity index is 196. The van der Waals surface area contributed by atoms with Crippen LogP contribution in [0.1, 0.15) is 20.3 Å². The Labute approximate surface area is 73.5 Å². The quantitative estimate of drug-likeness (QED) is 0.649. The molecule has 2 heteroatoms. The predicted molar refractivity (Wildman–Crippen MR) is 49.0 cm³/mol. The molecular formula is C10H16O2. The van der Waals surface area contributed by atoms with E-state index >= 15 is 0 Å². The Morgan fingerprint density at radius 3 is 2.92 bits per heavy atom. The maximum Gasteiger partial charge on any atom is 0.0771 e. The molecule has 0 radical (unpaired) electrons. The second-order valence-corrected chi connectivity index (χ2v) is 3.64. The molecule has 1 heterocycles. The van der Waals surface area contributed by atoms with E-state index < -0.39 is 5.60 Å². The molecule has 1 N–H and O–H groups in total. The number of rotatable bonds is 3. The van der Waals surface area contributed by atoms with Crippen molar-refractivity contribution in [2.75, 3.05) is 13.2 Å². The minimum Gasteiger partial charge on any atom is -0.386 e. The molecule has 0 aromatic heterocycles. The number of aliphatic hydroxyl groups is 1. The van der Waals surface area contributed by atoms with Crippen molar-refractivity contribution < 1.29 is 9.84 Å². The van der Waals surface area contributed by atoms with E-state index in [4.69, 9.17) is 4.74 Å². The number of ether oxygens (including phenoxy) is 1. The van der Waals surface area contributed by atoms with Crippen molar-refractivity contribution in [3.05, 3.63) is 23.8 Å². The van der Waals surface area contributed by atoms with Gasteiger partial charge in [0.15, 0.2) is 0 Å². The summed E-state index contributed by atoms with van der Waals surface area (Å²) < 4.78 is 5.15. The predicted octanol–water partition coefficient (Wildman–Crippen LogP) is 1.66. The molecule has 0 saturated carbocycles. The maximum atomic E-state index is 9.35. The number of hydrogen-bond acceptors (Lipinski definition) is 2. The third-order valence-corrected chi connectivity index (χ3v) is 1.68. The minimum absolute atomic E-state index is 0.694. The summed E-state index contributed by atoms with van der Waals surface area (Å²) in [5, 5.41) is 9.35. The standard InChI is InChI=1S/C10H16O2/c1-10(2,11)6-3-4-9-5-7-12-8-9/h3,5-6,11H,4,7-8H2,1-2H3/b6-3+. The van der Waals surface area contributed by atoms with Gasteiger partial charge in [-0.3, -0.25) is 0 Å². The molecule has 1 aliphatic rings. The Kier molecular flexibility index (Phi) is 3.06. The number of hydrogen-bond donors (Lipinski definition) is 1. The zero-order chi connectivity index (χ0) is 9.03. The molecule has 0 aliphatic carbocycles. The van der Waals surface area contributed by atoms with Crippen molar-refractivity contribution in [3.63, 3.8) is 0 Å². The van der Waals surface area contributed by atoms with Crippen LogP contribution in [0, 0.1) is 0 Å². The Morgan fingerprint density at radius 2 is 2.42 bits per heavy atom. The fourth-order valence-corrected chi connectivity index (χ4v) is 1.07. The average Bonchev–Trinajstić information content (AvgIpc) is 2.36.